The Bertz CT molecular complexity index is 1640. The van der Waals surface area contributed by atoms with Crippen LogP contribution in [0.3, 0.4) is 0 Å². The summed E-state index contributed by atoms with van der Waals surface area (Å²) in [5.74, 6) is -2.00. The SMILES string of the molecule is C=N/C=C\Nc1ncc(F)c2c(C(=O)C(=O)N3CCN(C4=NS(=O)(=O)N=C4c4ccccc4)CC3)c[nH]c12. The number of fused-ring (bicyclic) bond motifs is 1. The van der Waals surface area contributed by atoms with Gasteiger partial charge in [0.05, 0.1) is 22.7 Å². The van der Waals surface area contributed by atoms with Gasteiger partial charge in [-0.15, -0.1) is 8.80 Å². The molecule has 12 nitrogen and oxygen atoms in total. The first-order valence-electron chi connectivity index (χ1n) is 11.4. The Kier molecular flexibility index (Phi) is 6.55. The number of carbonyl (C=O) groups excluding carboxylic acids is 2. The van der Waals surface area contributed by atoms with E-state index in [9.17, 15) is 22.4 Å². The van der Waals surface area contributed by atoms with E-state index in [0.717, 1.165) is 6.20 Å². The first kappa shape index (κ1) is 25.0. The number of Topliss-reactive ketones (excluding diaryl/α,β-unsaturated/α-hetero) is 1. The molecule has 1 saturated heterocycles. The Morgan fingerprint density at radius 2 is 1.87 bits per heavy atom. The first-order chi connectivity index (χ1) is 18.3. The van der Waals surface area contributed by atoms with Crippen molar-refractivity contribution in [1.29, 1.82) is 0 Å². The van der Waals surface area contributed by atoms with Crippen molar-refractivity contribution in [3.63, 3.8) is 0 Å². The molecule has 0 unspecified atom stereocenters. The standard InChI is InChI=1S/C24H21FN8O4S/c1-26-7-8-27-22-20-18(17(25)14-29-22)16(13-28-20)21(34)24(35)33-11-9-32(10-12-33)23-19(30-38(36,37)31-23)15-5-3-2-4-6-15/h2-8,13-14,28H,1,9-12H2,(H,27,29)/b8-7-. The van der Waals surface area contributed by atoms with Gasteiger partial charge in [0.15, 0.2) is 17.5 Å². The molecular weight excluding hydrogens is 515 g/mol. The first-order valence-corrected chi connectivity index (χ1v) is 12.8. The van der Waals surface area contributed by atoms with Crippen molar-refractivity contribution in [3.8, 4) is 0 Å². The summed E-state index contributed by atoms with van der Waals surface area (Å²) in [4.78, 5) is 39.6. The highest BCUT2D eigenvalue weighted by molar-refractivity contribution is 7.89. The molecular formula is C24H21FN8O4S. The van der Waals surface area contributed by atoms with Crippen molar-refractivity contribution >= 4 is 56.9 Å². The van der Waals surface area contributed by atoms with Gasteiger partial charge in [0.25, 0.3) is 11.7 Å². The fraction of sp³-hybridized carbons (Fsp3) is 0.167. The molecule has 1 amide bonds. The van der Waals surface area contributed by atoms with Crippen LogP contribution >= 0.6 is 0 Å². The third kappa shape index (κ3) is 4.68. The number of carbonyl (C=O) groups is 2. The summed E-state index contributed by atoms with van der Waals surface area (Å²) in [7, 11) is -4.01. The van der Waals surface area contributed by atoms with E-state index >= 15 is 0 Å². The number of nitrogens with one attached hydrogen (secondary N) is 2. The number of H-pyrrole nitrogens is 1. The highest BCUT2D eigenvalue weighted by atomic mass is 32.2. The largest absolute Gasteiger partial charge is 0.365 e. The number of halogens is 1. The summed E-state index contributed by atoms with van der Waals surface area (Å²) in [6, 6.07) is 8.80. The number of hydrogen-bond donors (Lipinski definition) is 2. The van der Waals surface area contributed by atoms with E-state index in [1.807, 2.05) is 0 Å². The molecule has 2 aliphatic heterocycles. The van der Waals surface area contributed by atoms with Crippen molar-refractivity contribution in [2.75, 3.05) is 31.5 Å². The quantitative estimate of drug-likeness (QED) is 0.277. The smallest absolute Gasteiger partial charge is 0.357 e. The van der Waals surface area contributed by atoms with Gasteiger partial charge in [0.1, 0.15) is 5.71 Å². The number of rotatable bonds is 6. The van der Waals surface area contributed by atoms with Gasteiger partial charge in [0, 0.05) is 50.3 Å². The van der Waals surface area contributed by atoms with Crippen LogP contribution in [0.15, 0.2) is 68.9 Å². The Balaban J connectivity index is 1.32. The van der Waals surface area contributed by atoms with Gasteiger partial charge in [-0.1, -0.05) is 30.3 Å². The second kappa shape index (κ2) is 9.97. The van der Waals surface area contributed by atoms with E-state index < -0.39 is 27.7 Å². The number of amidine groups is 1. The molecule has 1 aromatic carbocycles. The molecule has 5 rings (SSSR count). The molecule has 4 heterocycles. The van der Waals surface area contributed by atoms with Gasteiger partial charge in [-0.05, 0) is 6.72 Å². The van der Waals surface area contributed by atoms with E-state index in [1.54, 1.807) is 35.2 Å². The fourth-order valence-corrected chi connectivity index (χ4v) is 5.14. The highest BCUT2D eigenvalue weighted by Crippen LogP contribution is 2.27. The number of pyridine rings is 1. The van der Waals surface area contributed by atoms with Gasteiger partial charge < -0.3 is 20.1 Å². The Morgan fingerprint density at radius 1 is 1.13 bits per heavy atom. The molecule has 2 aliphatic rings. The summed E-state index contributed by atoms with van der Waals surface area (Å²) >= 11 is 0. The molecule has 38 heavy (non-hydrogen) atoms. The molecule has 0 radical (unpaired) electrons. The minimum absolute atomic E-state index is 0.0614. The van der Waals surface area contributed by atoms with Crippen LogP contribution in [0.5, 0.6) is 0 Å². The van der Waals surface area contributed by atoms with Crippen LogP contribution in [0, 0.1) is 5.82 Å². The number of ketones is 1. The Morgan fingerprint density at radius 3 is 2.58 bits per heavy atom. The van der Waals surface area contributed by atoms with E-state index in [0.29, 0.717) is 5.56 Å². The zero-order valence-electron chi connectivity index (χ0n) is 19.8. The van der Waals surface area contributed by atoms with Gasteiger partial charge in [-0.3, -0.25) is 14.6 Å². The molecule has 0 saturated carbocycles. The average molecular weight is 537 g/mol. The maximum atomic E-state index is 14.7. The van der Waals surface area contributed by atoms with E-state index in [1.165, 1.54) is 23.5 Å². The lowest BCUT2D eigenvalue weighted by atomic mass is 10.1. The van der Waals surface area contributed by atoms with Crippen molar-refractivity contribution in [3.05, 3.63) is 72.1 Å². The van der Waals surface area contributed by atoms with Crippen LogP contribution in [-0.2, 0) is 15.0 Å². The number of nitrogens with zero attached hydrogens (tertiary/aromatic N) is 6. The predicted molar refractivity (Wildman–Crippen MR) is 140 cm³/mol. The third-order valence-electron chi connectivity index (χ3n) is 6.04. The second-order valence-electron chi connectivity index (χ2n) is 8.33. The maximum absolute atomic E-state index is 14.7. The zero-order chi connectivity index (χ0) is 26.9. The molecule has 0 atom stereocenters. The van der Waals surface area contributed by atoms with Crippen molar-refractivity contribution in [2.45, 2.75) is 0 Å². The molecule has 0 bridgehead atoms. The molecule has 0 spiro atoms. The molecule has 0 aliphatic carbocycles. The molecule has 194 valence electrons. The Hall–Kier alpha value is -4.72. The lowest BCUT2D eigenvalue weighted by molar-refractivity contribution is -0.127. The second-order valence-corrected chi connectivity index (χ2v) is 9.59. The normalized spacial score (nSPS) is 17.0. The van der Waals surface area contributed by atoms with Gasteiger partial charge in [0.2, 0.25) is 0 Å². The van der Waals surface area contributed by atoms with Crippen LogP contribution in [0.2, 0.25) is 0 Å². The number of aromatic nitrogens is 2. The molecule has 2 aromatic heterocycles. The topological polar surface area (TPSA) is 153 Å². The van der Waals surface area contributed by atoms with Gasteiger partial charge in [-0.2, -0.15) is 8.42 Å². The number of aliphatic imine (C=N–C) groups is 1. The summed E-state index contributed by atoms with van der Waals surface area (Å²) < 4.78 is 46.5. The zero-order valence-corrected chi connectivity index (χ0v) is 20.7. The third-order valence-corrected chi connectivity index (χ3v) is 6.85. The molecule has 1 fully saturated rings. The predicted octanol–water partition coefficient (Wildman–Crippen LogP) is 1.76. The maximum Gasteiger partial charge on any atom is 0.365 e. The number of hydrogen-bond acceptors (Lipinski definition) is 8. The van der Waals surface area contributed by atoms with E-state index in [4.69, 9.17) is 0 Å². The van der Waals surface area contributed by atoms with Crippen molar-refractivity contribution in [2.24, 2.45) is 13.8 Å². The lowest BCUT2D eigenvalue weighted by Gasteiger charge is -2.35. The van der Waals surface area contributed by atoms with Crippen molar-refractivity contribution < 1.29 is 22.4 Å². The van der Waals surface area contributed by atoms with Crippen LogP contribution in [0.1, 0.15) is 15.9 Å². The van der Waals surface area contributed by atoms with Gasteiger partial charge in [-0.25, -0.2) is 9.37 Å². The number of aromatic amines is 1. The van der Waals surface area contributed by atoms with Crippen LogP contribution in [0.25, 0.3) is 10.9 Å². The summed E-state index contributed by atoms with van der Waals surface area (Å²) in [5.41, 5.74) is 0.924. The average Bonchev–Trinajstić information content (AvgIpc) is 3.52. The Labute approximate surface area is 216 Å². The highest BCUT2D eigenvalue weighted by Gasteiger charge is 2.34. The minimum atomic E-state index is -4.01. The van der Waals surface area contributed by atoms with Crippen LogP contribution in [0.4, 0.5) is 10.2 Å². The van der Waals surface area contributed by atoms with Crippen LogP contribution in [-0.4, -0.2) is 84.3 Å². The molecule has 3 aromatic rings. The summed E-state index contributed by atoms with van der Waals surface area (Å²) in [5, 5.41) is 2.75. The lowest BCUT2D eigenvalue weighted by Crippen LogP contribution is -2.53. The minimum Gasteiger partial charge on any atom is -0.357 e. The fourth-order valence-electron chi connectivity index (χ4n) is 4.26. The van der Waals surface area contributed by atoms with Crippen molar-refractivity contribution in [1.82, 2.24) is 19.8 Å². The summed E-state index contributed by atoms with van der Waals surface area (Å²) in [6.07, 6.45) is 5.03. The van der Waals surface area contributed by atoms with E-state index in [-0.39, 0.29) is 60.0 Å². The number of piperazine rings is 1. The van der Waals surface area contributed by atoms with Gasteiger partial charge >= 0.3 is 10.2 Å². The number of benzene rings is 1. The molecule has 14 heteroatoms. The van der Waals surface area contributed by atoms with E-state index in [2.05, 4.69) is 35.8 Å². The number of anilines is 1. The monoisotopic (exact) mass is 536 g/mol. The molecule has 2 N–H and O–H groups in total. The number of amides is 1. The summed E-state index contributed by atoms with van der Waals surface area (Å²) in [6.45, 7) is 4.03. The van der Waals surface area contributed by atoms with Crippen LogP contribution < -0.4 is 5.32 Å².